The Kier molecular flexibility index (Phi) is 6.59. The minimum atomic E-state index is -0.00594. The molecule has 0 spiro atoms. The standard InChI is InChI=1S/C17H23N3OS2/c1-11(2)9-16-19-20-17(23-16)18-15(21)7-8-22-14-6-5-12(3)13(4)10-14/h5-6,10-11H,7-9H2,1-4H3,(H,18,20,21). The molecular formula is C17H23N3OS2. The lowest BCUT2D eigenvalue weighted by molar-refractivity contribution is -0.115. The van der Waals surface area contributed by atoms with Crippen molar-refractivity contribution >= 4 is 34.1 Å². The molecular weight excluding hydrogens is 326 g/mol. The summed E-state index contributed by atoms with van der Waals surface area (Å²) in [5, 5.41) is 12.5. The van der Waals surface area contributed by atoms with E-state index in [2.05, 4.69) is 61.4 Å². The van der Waals surface area contributed by atoms with Crippen molar-refractivity contribution in [2.75, 3.05) is 11.1 Å². The molecule has 0 unspecified atom stereocenters. The van der Waals surface area contributed by atoms with E-state index < -0.39 is 0 Å². The van der Waals surface area contributed by atoms with Gasteiger partial charge in [0.25, 0.3) is 0 Å². The molecule has 1 aromatic carbocycles. The van der Waals surface area contributed by atoms with Crippen LogP contribution in [0.15, 0.2) is 23.1 Å². The van der Waals surface area contributed by atoms with E-state index in [4.69, 9.17) is 0 Å². The molecule has 2 aromatic rings. The molecule has 0 saturated carbocycles. The molecule has 0 aliphatic carbocycles. The van der Waals surface area contributed by atoms with Gasteiger partial charge in [0.15, 0.2) is 0 Å². The number of amides is 1. The molecule has 0 saturated heterocycles. The summed E-state index contributed by atoms with van der Waals surface area (Å²) in [6, 6.07) is 6.39. The van der Waals surface area contributed by atoms with E-state index in [1.165, 1.54) is 27.4 Å². The molecule has 0 aliphatic heterocycles. The quantitative estimate of drug-likeness (QED) is 0.749. The highest BCUT2D eigenvalue weighted by molar-refractivity contribution is 7.99. The van der Waals surface area contributed by atoms with E-state index in [0.29, 0.717) is 17.5 Å². The van der Waals surface area contributed by atoms with Crippen LogP contribution < -0.4 is 5.32 Å². The average molecular weight is 350 g/mol. The zero-order valence-electron chi connectivity index (χ0n) is 14.0. The van der Waals surface area contributed by atoms with Gasteiger partial charge in [-0.05, 0) is 43.0 Å². The number of carbonyl (C=O) groups is 1. The lowest BCUT2D eigenvalue weighted by Crippen LogP contribution is -2.11. The van der Waals surface area contributed by atoms with Gasteiger partial charge in [-0.2, -0.15) is 0 Å². The second-order valence-corrected chi connectivity index (χ2v) is 8.22. The minimum Gasteiger partial charge on any atom is -0.301 e. The Morgan fingerprint density at radius 1 is 1.26 bits per heavy atom. The first-order valence-electron chi connectivity index (χ1n) is 7.76. The number of hydrogen-bond donors (Lipinski definition) is 1. The number of aryl methyl sites for hydroxylation is 2. The Morgan fingerprint density at radius 2 is 2.04 bits per heavy atom. The topological polar surface area (TPSA) is 54.9 Å². The van der Waals surface area contributed by atoms with Crippen molar-refractivity contribution in [1.29, 1.82) is 0 Å². The molecule has 124 valence electrons. The first-order chi connectivity index (χ1) is 10.9. The van der Waals surface area contributed by atoms with E-state index in [1.54, 1.807) is 11.8 Å². The summed E-state index contributed by atoms with van der Waals surface area (Å²) in [4.78, 5) is 13.2. The van der Waals surface area contributed by atoms with Gasteiger partial charge in [0.1, 0.15) is 5.01 Å². The third-order valence-corrected chi connectivity index (χ3v) is 5.23. The normalized spacial score (nSPS) is 11.0. The summed E-state index contributed by atoms with van der Waals surface area (Å²) >= 11 is 3.16. The fourth-order valence-corrected chi connectivity index (χ4v) is 3.90. The van der Waals surface area contributed by atoms with Crippen molar-refractivity contribution in [3.8, 4) is 0 Å². The molecule has 4 nitrogen and oxygen atoms in total. The molecule has 1 amide bonds. The fourth-order valence-electron chi connectivity index (χ4n) is 1.98. The number of benzene rings is 1. The molecule has 0 radical (unpaired) electrons. The van der Waals surface area contributed by atoms with Gasteiger partial charge >= 0.3 is 0 Å². The monoisotopic (exact) mass is 349 g/mol. The van der Waals surface area contributed by atoms with Crippen LogP contribution in [0.4, 0.5) is 5.13 Å². The van der Waals surface area contributed by atoms with Gasteiger partial charge in [-0.15, -0.1) is 22.0 Å². The minimum absolute atomic E-state index is 0.00594. The summed E-state index contributed by atoms with van der Waals surface area (Å²) in [6.45, 7) is 8.50. The predicted octanol–water partition coefficient (Wildman–Crippen LogP) is 4.47. The van der Waals surface area contributed by atoms with Crippen LogP contribution in [-0.2, 0) is 11.2 Å². The number of nitrogens with zero attached hydrogens (tertiary/aromatic N) is 2. The van der Waals surface area contributed by atoms with E-state index in [-0.39, 0.29) is 5.91 Å². The lowest BCUT2D eigenvalue weighted by atomic mass is 10.1. The first-order valence-corrected chi connectivity index (χ1v) is 9.56. The Morgan fingerprint density at radius 3 is 2.74 bits per heavy atom. The highest BCUT2D eigenvalue weighted by Crippen LogP contribution is 2.22. The Hall–Kier alpha value is -1.40. The number of rotatable bonds is 7. The fraction of sp³-hybridized carbons (Fsp3) is 0.471. The van der Waals surface area contributed by atoms with Crippen LogP contribution in [0.3, 0.4) is 0 Å². The van der Waals surface area contributed by atoms with Crippen molar-refractivity contribution in [2.45, 2.75) is 45.4 Å². The highest BCUT2D eigenvalue weighted by Gasteiger charge is 2.09. The number of hydrogen-bond acceptors (Lipinski definition) is 5. The maximum Gasteiger partial charge on any atom is 0.227 e. The van der Waals surface area contributed by atoms with E-state index in [1.807, 2.05) is 0 Å². The number of anilines is 1. The number of aromatic nitrogens is 2. The van der Waals surface area contributed by atoms with Crippen LogP contribution in [0.1, 0.15) is 36.4 Å². The van der Waals surface area contributed by atoms with Gasteiger partial charge in [0, 0.05) is 23.5 Å². The van der Waals surface area contributed by atoms with E-state index in [9.17, 15) is 4.79 Å². The van der Waals surface area contributed by atoms with Crippen molar-refractivity contribution in [3.05, 3.63) is 34.3 Å². The SMILES string of the molecule is Cc1ccc(SCCC(=O)Nc2nnc(CC(C)C)s2)cc1C. The zero-order valence-corrected chi connectivity index (χ0v) is 15.7. The van der Waals surface area contributed by atoms with Crippen LogP contribution in [0, 0.1) is 19.8 Å². The number of carbonyl (C=O) groups excluding carboxylic acids is 1. The highest BCUT2D eigenvalue weighted by atomic mass is 32.2. The Labute approximate surface area is 146 Å². The maximum absolute atomic E-state index is 12.0. The first kappa shape index (κ1) is 17.9. The van der Waals surface area contributed by atoms with Crippen molar-refractivity contribution in [3.63, 3.8) is 0 Å². The molecule has 23 heavy (non-hydrogen) atoms. The molecule has 1 heterocycles. The third-order valence-electron chi connectivity index (χ3n) is 3.37. The van der Waals surface area contributed by atoms with Crippen LogP contribution in [0.2, 0.25) is 0 Å². The summed E-state index contributed by atoms with van der Waals surface area (Å²) < 4.78 is 0. The molecule has 0 aliphatic rings. The van der Waals surface area contributed by atoms with Gasteiger partial charge < -0.3 is 5.32 Å². The maximum atomic E-state index is 12.0. The van der Waals surface area contributed by atoms with Gasteiger partial charge in [-0.1, -0.05) is 31.3 Å². The Bertz CT molecular complexity index is 668. The number of thioether (sulfide) groups is 1. The second kappa shape index (κ2) is 8.45. The smallest absolute Gasteiger partial charge is 0.227 e. The predicted molar refractivity (Wildman–Crippen MR) is 98.3 cm³/mol. The van der Waals surface area contributed by atoms with Crippen LogP contribution in [0.5, 0.6) is 0 Å². The van der Waals surface area contributed by atoms with Crippen LogP contribution >= 0.6 is 23.1 Å². The average Bonchev–Trinajstić information content (AvgIpc) is 2.89. The molecule has 6 heteroatoms. The van der Waals surface area contributed by atoms with Crippen LogP contribution in [0.25, 0.3) is 0 Å². The third kappa shape index (κ3) is 5.95. The summed E-state index contributed by atoms with van der Waals surface area (Å²) in [5.74, 6) is 1.29. The van der Waals surface area contributed by atoms with E-state index >= 15 is 0 Å². The van der Waals surface area contributed by atoms with Crippen molar-refractivity contribution in [1.82, 2.24) is 10.2 Å². The summed E-state index contributed by atoms with van der Waals surface area (Å²) in [5.41, 5.74) is 2.58. The van der Waals surface area contributed by atoms with Gasteiger partial charge in [0.05, 0.1) is 0 Å². The Balaban J connectivity index is 1.76. The molecule has 0 fully saturated rings. The van der Waals surface area contributed by atoms with E-state index in [0.717, 1.165) is 17.2 Å². The van der Waals surface area contributed by atoms with Crippen LogP contribution in [-0.4, -0.2) is 21.9 Å². The summed E-state index contributed by atoms with van der Waals surface area (Å²) in [6.07, 6.45) is 1.37. The lowest BCUT2D eigenvalue weighted by Gasteiger charge is -2.05. The van der Waals surface area contributed by atoms with Crippen molar-refractivity contribution < 1.29 is 4.79 Å². The molecule has 1 aromatic heterocycles. The van der Waals surface area contributed by atoms with Gasteiger partial charge in [-0.25, -0.2) is 0 Å². The van der Waals surface area contributed by atoms with Gasteiger partial charge in [-0.3, -0.25) is 4.79 Å². The van der Waals surface area contributed by atoms with Gasteiger partial charge in [0.2, 0.25) is 11.0 Å². The van der Waals surface area contributed by atoms with Crippen molar-refractivity contribution in [2.24, 2.45) is 5.92 Å². The zero-order chi connectivity index (χ0) is 16.8. The number of nitrogens with one attached hydrogen (secondary N) is 1. The second-order valence-electron chi connectivity index (χ2n) is 5.99. The molecule has 1 N–H and O–H groups in total. The largest absolute Gasteiger partial charge is 0.301 e. The molecule has 0 atom stereocenters. The summed E-state index contributed by atoms with van der Waals surface area (Å²) in [7, 11) is 0. The molecule has 0 bridgehead atoms. The molecule has 2 rings (SSSR count).